The molecule has 8 heteroatoms. The normalized spacial score (nSPS) is 9.78. The summed E-state index contributed by atoms with van der Waals surface area (Å²) in [6.07, 6.45) is 1.08. The van der Waals surface area contributed by atoms with E-state index >= 15 is 0 Å². The molecule has 0 saturated heterocycles. The molecular formula is C10H12N4O4. The highest BCUT2D eigenvalue weighted by Crippen LogP contribution is 2.17. The summed E-state index contributed by atoms with van der Waals surface area (Å²) in [5.74, 6) is 0.274. The van der Waals surface area contributed by atoms with Gasteiger partial charge in [0, 0.05) is 12.6 Å². The van der Waals surface area contributed by atoms with E-state index in [1.807, 2.05) is 6.07 Å². The number of rotatable bonds is 7. The first-order valence-corrected chi connectivity index (χ1v) is 5.16. The van der Waals surface area contributed by atoms with E-state index in [-0.39, 0.29) is 30.3 Å². The van der Waals surface area contributed by atoms with Crippen molar-refractivity contribution in [3.8, 4) is 6.07 Å². The van der Waals surface area contributed by atoms with Crippen LogP contribution >= 0.6 is 0 Å². The molecule has 0 aliphatic heterocycles. The molecule has 0 unspecified atom stereocenters. The van der Waals surface area contributed by atoms with Gasteiger partial charge < -0.3 is 15.2 Å². The Hall–Kier alpha value is -2.24. The second-order valence-electron chi connectivity index (χ2n) is 3.22. The minimum atomic E-state index is -0.609. The molecule has 0 aromatic carbocycles. The van der Waals surface area contributed by atoms with Crippen LogP contribution in [0.25, 0.3) is 0 Å². The molecule has 0 aliphatic carbocycles. The fraction of sp³-hybridized carbons (Fsp3) is 0.400. The van der Waals surface area contributed by atoms with Crippen LogP contribution in [0, 0.1) is 21.4 Å². The van der Waals surface area contributed by atoms with Crippen molar-refractivity contribution in [1.82, 2.24) is 4.98 Å². The number of nitro groups is 1. The van der Waals surface area contributed by atoms with Gasteiger partial charge in [-0.15, -0.1) is 0 Å². The summed E-state index contributed by atoms with van der Waals surface area (Å²) in [4.78, 5) is 13.7. The maximum atomic E-state index is 10.5. The maximum Gasteiger partial charge on any atom is 0.289 e. The molecule has 1 heterocycles. The third-order valence-corrected chi connectivity index (χ3v) is 1.98. The van der Waals surface area contributed by atoms with Crippen LogP contribution in [-0.4, -0.2) is 41.4 Å². The zero-order valence-corrected chi connectivity index (χ0v) is 9.50. The number of aromatic nitrogens is 1. The number of ether oxygens (including phenoxy) is 1. The molecule has 1 aromatic rings. The number of nitrogens with zero attached hydrogens (tertiary/aromatic N) is 3. The van der Waals surface area contributed by atoms with Gasteiger partial charge in [-0.3, -0.25) is 10.1 Å². The summed E-state index contributed by atoms with van der Waals surface area (Å²) in [7, 11) is 0. The largest absolute Gasteiger partial charge is 0.394 e. The van der Waals surface area contributed by atoms with Gasteiger partial charge in [0.25, 0.3) is 5.69 Å². The molecule has 2 N–H and O–H groups in total. The first-order valence-electron chi connectivity index (χ1n) is 5.16. The highest BCUT2D eigenvalue weighted by atomic mass is 16.6. The fourth-order valence-electron chi connectivity index (χ4n) is 1.19. The Morgan fingerprint density at radius 2 is 2.39 bits per heavy atom. The highest BCUT2D eigenvalue weighted by molar-refractivity contribution is 5.55. The summed E-state index contributed by atoms with van der Waals surface area (Å²) >= 11 is 0. The lowest BCUT2D eigenvalue weighted by Crippen LogP contribution is -2.13. The Morgan fingerprint density at radius 1 is 1.61 bits per heavy atom. The predicted octanol–water partition coefficient (Wildman–Crippen LogP) is 0.282. The molecule has 0 aliphatic rings. The van der Waals surface area contributed by atoms with Crippen LogP contribution in [0.2, 0.25) is 0 Å². The monoisotopic (exact) mass is 252 g/mol. The second kappa shape index (κ2) is 7.16. The molecule has 0 saturated carbocycles. The molecule has 0 radical (unpaired) electrons. The van der Waals surface area contributed by atoms with Gasteiger partial charge in [-0.25, -0.2) is 4.98 Å². The Bertz CT molecular complexity index is 458. The average Bonchev–Trinajstić information content (AvgIpc) is 2.38. The number of nitrogens with one attached hydrogen (secondary N) is 1. The van der Waals surface area contributed by atoms with Crippen LogP contribution in [0.15, 0.2) is 12.3 Å². The number of pyridine rings is 1. The van der Waals surface area contributed by atoms with Gasteiger partial charge in [-0.2, -0.15) is 5.26 Å². The third-order valence-electron chi connectivity index (χ3n) is 1.98. The molecule has 18 heavy (non-hydrogen) atoms. The van der Waals surface area contributed by atoms with Crippen LogP contribution in [0.5, 0.6) is 0 Å². The quantitative estimate of drug-likeness (QED) is 0.406. The SMILES string of the molecule is N#Cc1cc([N+](=O)[O-])cnc1NCCOCCO. The van der Waals surface area contributed by atoms with Gasteiger partial charge in [-0.1, -0.05) is 0 Å². The van der Waals surface area contributed by atoms with Crippen LogP contribution < -0.4 is 5.32 Å². The number of anilines is 1. The Balaban J connectivity index is 2.61. The Morgan fingerprint density at radius 3 is 3.00 bits per heavy atom. The standard InChI is InChI=1S/C10H12N4O4/c11-6-8-5-9(14(16)17)7-13-10(8)12-1-3-18-4-2-15/h5,7,15H,1-4H2,(H,12,13). The summed E-state index contributed by atoms with van der Waals surface area (Å²) in [6.45, 7) is 0.906. The van der Waals surface area contributed by atoms with E-state index in [0.717, 1.165) is 12.3 Å². The molecule has 0 atom stereocenters. The molecule has 0 bridgehead atoms. The van der Waals surface area contributed by atoms with E-state index < -0.39 is 4.92 Å². The Labute approximate surface area is 103 Å². The van der Waals surface area contributed by atoms with Crippen molar-refractivity contribution >= 4 is 11.5 Å². The van der Waals surface area contributed by atoms with Crippen LogP contribution in [0.3, 0.4) is 0 Å². The average molecular weight is 252 g/mol. The van der Waals surface area contributed by atoms with Crippen molar-refractivity contribution in [2.24, 2.45) is 0 Å². The van der Waals surface area contributed by atoms with E-state index in [1.165, 1.54) is 0 Å². The van der Waals surface area contributed by atoms with Crippen LogP contribution in [0.4, 0.5) is 11.5 Å². The third kappa shape index (κ3) is 3.97. The smallest absolute Gasteiger partial charge is 0.289 e. The molecule has 0 fully saturated rings. The van der Waals surface area contributed by atoms with Gasteiger partial charge in [0.05, 0.1) is 24.7 Å². The Kier molecular flexibility index (Phi) is 5.50. The van der Waals surface area contributed by atoms with Crippen molar-refractivity contribution in [3.63, 3.8) is 0 Å². The number of hydrogen-bond donors (Lipinski definition) is 2. The van der Waals surface area contributed by atoms with Gasteiger partial charge in [0.2, 0.25) is 0 Å². The maximum absolute atomic E-state index is 10.5. The molecule has 96 valence electrons. The zero-order valence-electron chi connectivity index (χ0n) is 9.50. The zero-order chi connectivity index (χ0) is 13.4. The molecule has 8 nitrogen and oxygen atoms in total. The van der Waals surface area contributed by atoms with E-state index in [4.69, 9.17) is 15.1 Å². The van der Waals surface area contributed by atoms with Gasteiger partial charge in [-0.05, 0) is 0 Å². The van der Waals surface area contributed by atoms with E-state index in [9.17, 15) is 10.1 Å². The fourth-order valence-corrected chi connectivity index (χ4v) is 1.19. The lowest BCUT2D eigenvalue weighted by atomic mass is 10.2. The first kappa shape index (κ1) is 13.8. The van der Waals surface area contributed by atoms with Crippen molar-refractivity contribution in [3.05, 3.63) is 27.9 Å². The van der Waals surface area contributed by atoms with Crippen LogP contribution in [0.1, 0.15) is 5.56 Å². The van der Waals surface area contributed by atoms with E-state index in [0.29, 0.717) is 13.2 Å². The van der Waals surface area contributed by atoms with Crippen molar-refractivity contribution in [2.75, 3.05) is 31.7 Å². The van der Waals surface area contributed by atoms with Gasteiger partial charge >= 0.3 is 0 Å². The molecule has 1 rings (SSSR count). The number of aliphatic hydroxyl groups is 1. The number of nitriles is 1. The highest BCUT2D eigenvalue weighted by Gasteiger charge is 2.11. The summed E-state index contributed by atoms with van der Waals surface area (Å²) in [5.41, 5.74) is -0.125. The molecular weight excluding hydrogens is 240 g/mol. The molecule has 1 aromatic heterocycles. The van der Waals surface area contributed by atoms with Crippen molar-refractivity contribution in [1.29, 1.82) is 5.26 Å². The van der Waals surface area contributed by atoms with Gasteiger partial charge in [0.15, 0.2) is 0 Å². The second-order valence-corrected chi connectivity index (χ2v) is 3.22. The molecule has 0 amide bonds. The number of hydrogen-bond acceptors (Lipinski definition) is 7. The topological polar surface area (TPSA) is 121 Å². The van der Waals surface area contributed by atoms with Crippen molar-refractivity contribution < 1.29 is 14.8 Å². The lowest BCUT2D eigenvalue weighted by Gasteiger charge is -2.06. The van der Waals surface area contributed by atoms with Crippen LogP contribution in [-0.2, 0) is 4.74 Å². The minimum absolute atomic E-state index is 0.0563. The number of aliphatic hydroxyl groups excluding tert-OH is 1. The van der Waals surface area contributed by atoms with Gasteiger partial charge in [0.1, 0.15) is 23.6 Å². The van der Waals surface area contributed by atoms with E-state index in [1.54, 1.807) is 0 Å². The lowest BCUT2D eigenvalue weighted by molar-refractivity contribution is -0.385. The summed E-state index contributed by atoms with van der Waals surface area (Å²) in [6, 6.07) is 2.99. The molecule has 0 spiro atoms. The summed E-state index contributed by atoms with van der Waals surface area (Å²) < 4.78 is 5.01. The van der Waals surface area contributed by atoms with E-state index in [2.05, 4.69) is 10.3 Å². The first-order chi connectivity index (χ1) is 8.69. The minimum Gasteiger partial charge on any atom is -0.394 e. The predicted molar refractivity (Wildman–Crippen MR) is 62.0 cm³/mol. The summed E-state index contributed by atoms with van der Waals surface area (Å²) in [5, 5.41) is 30.7. The van der Waals surface area contributed by atoms with Crippen molar-refractivity contribution in [2.45, 2.75) is 0 Å².